The first-order valence-electron chi connectivity index (χ1n) is 12.9. The van der Waals surface area contributed by atoms with Crippen molar-refractivity contribution in [1.29, 1.82) is 0 Å². The van der Waals surface area contributed by atoms with Crippen molar-refractivity contribution in [2.75, 3.05) is 33.0 Å². The number of rotatable bonds is 6. The number of benzene rings is 2. The first kappa shape index (κ1) is 27.9. The van der Waals surface area contributed by atoms with Crippen LogP contribution in [0.1, 0.15) is 24.4 Å². The number of aryl methyl sites for hydroxylation is 1. The Labute approximate surface area is 237 Å². The minimum atomic E-state index is -3.98. The molecular weight excluding hydrogens is 558 g/mol. The van der Waals surface area contributed by atoms with E-state index in [0.29, 0.717) is 48.7 Å². The molecule has 0 saturated carbocycles. The standard InChI is InChI=1S/C27H30ClN5O6S/c1-17-29-14-22-15-32(26(35)33(17)22)21-8-10-31(11-9-21)25(34)24(30(2)27(36)39-3)16-40(37,38)23-7-5-18-12-20(28)6-4-19(18)13-23/h4-7,12-14,21,24H,8-11,15-16H2,1-3H3. The van der Waals surface area contributed by atoms with Crippen LogP contribution in [0.3, 0.4) is 0 Å². The number of nitrogens with zero attached hydrogens (tertiary/aromatic N) is 5. The second-order valence-corrected chi connectivity index (χ2v) is 12.6. The van der Waals surface area contributed by atoms with E-state index in [1.165, 1.54) is 26.3 Å². The van der Waals surface area contributed by atoms with Gasteiger partial charge in [-0.15, -0.1) is 0 Å². The Kier molecular flexibility index (Phi) is 7.49. The molecule has 0 bridgehead atoms. The molecule has 1 atom stereocenters. The average Bonchev–Trinajstić information content (AvgIpc) is 3.49. The third-order valence-corrected chi connectivity index (χ3v) is 9.68. The zero-order valence-corrected chi connectivity index (χ0v) is 24.0. The van der Waals surface area contributed by atoms with Crippen LogP contribution in [0.25, 0.3) is 10.8 Å². The van der Waals surface area contributed by atoms with E-state index in [9.17, 15) is 22.8 Å². The molecule has 2 aliphatic heterocycles. The molecule has 0 N–H and O–H groups in total. The van der Waals surface area contributed by atoms with E-state index in [2.05, 4.69) is 4.98 Å². The summed E-state index contributed by atoms with van der Waals surface area (Å²) < 4.78 is 33.4. The molecule has 1 fully saturated rings. The molecule has 3 heterocycles. The largest absolute Gasteiger partial charge is 0.453 e. The predicted octanol–water partition coefficient (Wildman–Crippen LogP) is 3.31. The summed E-state index contributed by atoms with van der Waals surface area (Å²) in [6.45, 7) is 2.89. The molecule has 3 aromatic rings. The van der Waals surface area contributed by atoms with Gasteiger partial charge in [0.05, 0.1) is 36.2 Å². The third kappa shape index (κ3) is 5.13. The molecule has 2 aliphatic rings. The summed E-state index contributed by atoms with van der Waals surface area (Å²) in [4.78, 5) is 47.7. The lowest BCUT2D eigenvalue weighted by Crippen LogP contribution is -2.55. The van der Waals surface area contributed by atoms with Gasteiger partial charge in [-0.05, 0) is 54.8 Å². The van der Waals surface area contributed by atoms with Crippen LogP contribution in [0.5, 0.6) is 0 Å². The minimum absolute atomic E-state index is 0.0401. The Morgan fingerprint density at radius 3 is 2.50 bits per heavy atom. The fourth-order valence-electron chi connectivity index (χ4n) is 5.44. The molecule has 40 heavy (non-hydrogen) atoms. The molecule has 1 unspecified atom stereocenters. The highest BCUT2D eigenvalue weighted by atomic mass is 35.5. The number of amides is 3. The summed E-state index contributed by atoms with van der Waals surface area (Å²) in [5.41, 5.74) is 0.836. The summed E-state index contributed by atoms with van der Waals surface area (Å²) in [5, 5.41) is 2.00. The van der Waals surface area contributed by atoms with Gasteiger partial charge in [-0.2, -0.15) is 0 Å². The van der Waals surface area contributed by atoms with Crippen molar-refractivity contribution in [3.05, 3.63) is 59.1 Å². The normalized spacial score (nSPS) is 16.8. The highest BCUT2D eigenvalue weighted by Crippen LogP contribution is 2.28. The molecule has 1 saturated heterocycles. The molecule has 0 spiro atoms. The second kappa shape index (κ2) is 10.7. The van der Waals surface area contributed by atoms with Crippen molar-refractivity contribution in [3.8, 4) is 0 Å². The van der Waals surface area contributed by atoms with Gasteiger partial charge in [0.15, 0.2) is 9.84 Å². The maximum absolute atomic E-state index is 13.7. The smallest absolute Gasteiger partial charge is 0.409 e. The predicted molar refractivity (Wildman–Crippen MR) is 148 cm³/mol. The van der Waals surface area contributed by atoms with Crippen LogP contribution in [0.15, 0.2) is 47.5 Å². The molecular formula is C27H30ClN5O6S. The van der Waals surface area contributed by atoms with E-state index in [1.54, 1.807) is 51.8 Å². The lowest BCUT2D eigenvalue weighted by Gasteiger charge is -2.38. The van der Waals surface area contributed by atoms with Gasteiger partial charge in [-0.1, -0.05) is 23.7 Å². The van der Waals surface area contributed by atoms with Crippen LogP contribution in [-0.4, -0.2) is 95.8 Å². The number of carbonyl (C=O) groups excluding carboxylic acids is 3. The Balaban J connectivity index is 1.32. The number of carbonyl (C=O) groups is 3. The van der Waals surface area contributed by atoms with Crippen LogP contribution in [-0.2, 0) is 25.9 Å². The number of aromatic nitrogens is 2. The number of ether oxygens (including phenoxy) is 1. The van der Waals surface area contributed by atoms with E-state index in [-0.39, 0.29) is 17.0 Å². The van der Waals surface area contributed by atoms with Crippen LogP contribution < -0.4 is 0 Å². The van der Waals surface area contributed by atoms with Crippen molar-refractivity contribution < 1.29 is 27.5 Å². The number of methoxy groups -OCH3 is 1. The lowest BCUT2D eigenvalue weighted by molar-refractivity contribution is -0.136. The fourth-order valence-corrected chi connectivity index (χ4v) is 7.18. The number of likely N-dealkylation sites (N-methyl/N-ethyl adjacent to an activating group) is 1. The van der Waals surface area contributed by atoms with Crippen molar-refractivity contribution in [2.24, 2.45) is 0 Å². The number of hydrogen-bond acceptors (Lipinski definition) is 7. The second-order valence-electron chi connectivity index (χ2n) is 10.1. The number of likely N-dealkylation sites (tertiary alicyclic amines) is 1. The van der Waals surface area contributed by atoms with Gasteiger partial charge in [-0.3, -0.25) is 14.3 Å². The van der Waals surface area contributed by atoms with Crippen LogP contribution >= 0.6 is 11.6 Å². The number of piperidine rings is 1. The van der Waals surface area contributed by atoms with E-state index in [4.69, 9.17) is 16.3 Å². The molecule has 11 nitrogen and oxygen atoms in total. The number of halogens is 1. The van der Waals surface area contributed by atoms with E-state index in [1.807, 2.05) is 0 Å². The lowest BCUT2D eigenvalue weighted by atomic mass is 10.0. The summed E-state index contributed by atoms with van der Waals surface area (Å²) in [6, 6.07) is 8.32. The van der Waals surface area contributed by atoms with Gasteiger partial charge in [0.25, 0.3) is 0 Å². The van der Waals surface area contributed by atoms with Crippen LogP contribution in [0.2, 0.25) is 5.02 Å². The number of imidazole rings is 1. The molecule has 13 heteroatoms. The Morgan fingerprint density at radius 2 is 1.82 bits per heavy atom. The van der Waals surface area contributed by atoms with Crippen molar-refractivity contribution in [1.82, 2.24) is 24.3 Å². The summed E-state index contributed by atoms with van der Waals surface area (Å²) >= 11 is 6.05. The van der Waals surface area contributed by atoms with E-state index < -0.39 is 33.6 Å². The quantitative estimate of drug-likeness (QED) is 0.433. The van der Waals surface area contributed by atoms with Crippen LogP contribution in [0, 0.1) is 6.92 Å². The molecule has 0 aliphatic carbocycles. The fraction of sp³-hybridized carbons (Fsp3) is 0.407. The maximum Gasteiger partial charge on any atom is 0.409 e. The summed E-state index contributed by atoms with van der Waals surface area (Å²) in [7, 11) is -1.45. The van der Waals surface area contributed by atoms with Crippen molar-refractivity contribution in [2.45, 2.75) is 43.3 Å². The SMILES string of the molecule is COC(=O)N(C)C(CS(=O)(=O)c1ccc2cc(Cl)ccc2c1)C(=O)N1CCC(N2Cc3cnc(C)n3C2=O)CC1. The van der Waals surface area contributed by atoms with E-state index in [0.717, 1.165) is 16.0 Å². The highest BCUT2D eigenvalue weighted by molar-refractivity contribution is 7.91. The van der Waals surface area contributed by atoms with Gasteiger partial charge in [0, 0.05) is 31.2 Å². The van der Waals surface area contributed by atoms with Gasteiger partial charge in [0.1, 0.15) is 11.9 Å². The molecule has 3 amide bonds. The first-order chi connectivity index (χ1) is 19.0. The maximum atomic E-state index is 13.7. The molecule has 2 aromatic carbocycles. The Bertz CT molecular complexity index is 1600. The molecule has 1 aromatic heterocycles. The van der Waals surface area contributed by atoms with Crippen LogP contribution in [0.4, 0.5) is 9.59 Å². The summed E-state index contributed by atoms with van der Waals surface area (Å²) in [5.74, 6) is -0.454. The van der Waals surface area contributed by atoms with Crippen molar-refractivity contribution in [3.63, 3.8) is 0 Å². The minimum Gasteiger partial charge on any atom is -0.453 e. The van der Waals surface area contributed by atoms with Crippen molar-refractivity contribution >= 4 is 50.2 Å². The zero-order valence-electron chi connectivity index (χ0n) is 22.4. The zero-order chi connectivity index (χ0) is 28.8. The van der Waals surface area contributed by atoms with E-state index >= 15 is 0 Å². The van der Waals surface area contributed by atoms with Gasteiger partial charge < -0.3 is 14.5 Å². The molecule has 5 rings (SSSR count). The third-order valence-electron chi connectivity index (χ3n) is 7.72. The molecule has 0 radical (unpaired) electrons. The summed E-state index contributed by atoms with van der Waals surface area (Å²) in [6.07, 6.45) is 1.95. The van der Waals surface area contributed by atoms with Gasteiger partial charge in [-0.25, -0.2) is 23.0 Å². The highest BCUT2D eigenvalue weighted by Gasteiger charge is 2.40. The topological polar surface area (TPSA) is 122 Å². The number of hydrogen-bond donors (Lipinski definition) is 0. The van der Waals surface area contributed by atoms with Gasteiger partial charge >= 0.3 is 12.1 Å². The molecule has 212 valence electrons. The first-order valence-corrected chi connectivity index (χ1v) is 14.9. The Hall–Kier alpha value is -3.64. The number of fused-ring (bicyclic) bond motifs is 2. The average molecular weight is 588 g/mol. The van der Waals surface area contributed by atoms with Gasteiger partial charge in [0.2, 0.25) is 5.91 Å². The Morgan fingerprint density at radius 1 is 1.15 bits per heavy atom. The monoisotopic (exact) mass is 587 g/mol. The number of sulfone groups is 1.